The summed E-state index contributed by atoms with van der Waals surface area (Å²) in [4.78, 5) is 28.3. The number of likely N-dealkylation sites (tertiary alicyclic amines) is 1. The Morgan fingerprint density at radius 2 is 1.88 bits per heavy atom. The van der Waals surface area contributed by atoms with Gasteiger partial charge in [0.2, 0.25) is 5.91 Å². The van der Waals surface area contributed by atoms with E-state index in [1.54, 1.807) is 11.9 Å². The van der Waals surface area contributed by atoms with Gasteiger partial charge in [-0.15, -0.1) is 0 Å². The van der Waals surface area contributed by atoms with Crippen molar-refractivity contribution < 1.29 is 18.4 Å². The molecule has 1 aliphatic heterocycles. The predicted molar refractivity (Wildman–Crippen MR) is 95.5 cm³/mol. The highest BCUT2D eigenvalue weighted by Gasteiger charge is 2.31. The van der Waals surface area contributed by atoms with E-state index in [1.165, 1.54) is 4.90 Å². The lowest BCUT2D eigenvalue weighted by Crippen LogP contribution is -2.46. The Morgan fingerprint density at radius 3 is 2.42 bits per heavy atom. The molecule has 1 aromatic carbocycles. The summed E-state index contributed by atoms with van der Waals surface area (Å²) in [6.07, 6.45) is 1.06. The Bertz CT molecular complexity index is 671. The van der Waals surface area contributed by atoms with Gasteiger partial charge in [-0.3, -0.25) is 9.59 Å². The molecule has 2 rings (SSSR count). The average Bonchev–Trinajstić information content (AvgIpc) is 2.60. The van der Waals surface area contributed by atoms with Crippen LogP contribution in [0.5, 0.6) is 0 Å². The number of benzene rings is 1. The standard InChI is InChI=1S/C19H27F2N3O2/c1-19(2,11-22)12-23(3)17(25)13-6-8-24(9-7-13)18(26)15-5-4-14(20)10-16(15)21/h4-5,10,13H,6-9,11-12,22H2,1-3H3. The lowest BCUT2D eigenvalue weighted by molar-refractivity contribution is -0.136. The molecule has 1 heterocycles. The van der Waals surface area contributed by atoms with Gasteiger partial charge in [0.25, 0.3) is 5.91 Å². The van der Waals surface area contributed by atoms with Crippen LogP contribution in [0.3, 0.4) is 0 Å². The Morgan fingerprint density at radius 1 is 1.27 bits per heavy atom. The van der Waals surface area contributed by atoms with Crippen molar-refractivity contribution >= 4 is 11.8 Å². The smallest absolute Gasteiger partial charge is 0.256 e. The molecule has 0 aromatic heterocycles. The first-order valence-electron chi connectivity index (χ1n) is 8.84. The number of piperidine rings is 1. The fourth-order valence-electron chi connectivity index (χ4n) is 3.26. The summed E-state index contributed by atoms with van der Waals surface area (Å²) in [6, 6.07) is 2.94. The zero-order valence-corrected chi connectivity index (χ0v) is 15.6. The summed E-state index contributed by atoms with van der Waals surface area (Å²) in [7, 11) is 1.77. The molecule has 0 radical (unpaired) electrons. The van der Waals surface area contributed by atoms with E-state index in [0.29, 0.717) is 45.1 Å². The molecule has 144 valence electrons. The molecule has 1 aliphatic rings. The lowest BCUT2D eigenvalue weighted by Gasteiger charge is -2.35. The van der Waals surface area contributed by atoms with Gasteiger partial charge >= 0.3 is 0 Å². The van der Waals surface area contributed by atoms with E-state index in [2.05, 4.69) is 0 Å². The number of carbonyl (C=O) groups excluding carboxylic acids is 2. The fourth-order valence-corrected chi connectivity index (χ4v) is 3.26. The summed E-state index contributed by atoms with van der Waals surface area (Å²) in [5.74, 6) is -2.16. The van der Waals surface area contributed by atoms with Crippen molar-refractivity contribution in [1.82, 2.24) is 9.80 Å². The van der Waals surface area contributed by atoms with Gasteiger partial charge in [-0.1, -0.05) is 13.8 Å². The average molecular weight is 367 g/mol. The van der Waals surface area contributed by atoms with Crippen LogP contribution in [-0.2, 0) is 4.79 Å². The molecule has 5 nitrogen and oxygen atoms in total. The highest BCUT2D eigenvalue weighted by atomic mass is 19.1. The summed E-state index contributed by atoms with van der Waals surface area (Å²) in [5.41, 5.74) is 5.43. The topological polar surface area (TPSA) is 66.6 Å². The van der Waals surface area contributed by atoms with E-state index in [9.17, 15) is 18.4 Å². The second kappa shape index (κ2) is 8.12. The highest BCUT2D eigenvalue weighted by Crippen LogP contribution is 2.23. The Labute approximate surface area is 153 Å². The van der Waals surface area contributed by atoms with Crippen molar-refractivity contribution in [3.05, 3.63) is 35.4 Å². The molecule has 0 aliphatic carbocycles. The molecule has 0 atom stereocenters. The summed E-state index contributed by atoms with van der Waals surface area (Å²) >= 11 is 0. The minimum absolute atomic E-state index is 0.0478. The maximum Gasteiger partial charge on any atom is 0.256 e. The van der Waals surface area contributed by atoms with Crippen molar-refractivity contribution in [3.8, 4) is 0 Å². The minimum Gasteiger partial charge on any atom is -0.345 e. The molecule has 26 heavy (non-hydrogen) atoms. The number of nitrogens with two attached hydrogens (primary N) is 1. The van der Waals surface area contributed by atoms with Gasteiger partial charge in [0.15, 0.2) is 0 Å². The van der Waals surface area contributed by atoms with Crippen LogP contribution in [0.1, 0.15) is 37.0 Å². The van der Waals surface area contributed by atoms with Crippen molar-refractivity contribution in [2.75, 3.05) is 33.2 Å². The highest BCUT2D eigenvalue weighted by molar-refractivity contribution is 5.94. The van der Waals surface area contributed by atoms with Crippen LogP contribution in [0.15, 0.2) is 18.2 Å². The first kappa shape index (κ1) is 20.3. The van der Waals surface area contributed by atoms with Crippen molar-refractivity contribution in [1.29, 1.82) is 0 Å². The maximum absolute atomic E-state index is 13.8. The largest absolute Gasteiger partial charge is 0.345 e. The van der Waals surface area contributed by atoms with Crippen molar-refractivity contribution in [3.63, 3.8) is 0 Å². The molecule has 0 saturated carbocycles. The molecule has 2 N–H and O–H groups in total. The molecule has 0 spiro atoms. The SMILES string of the molecule is CN(CC(C)(C)CN)C(=O)C1CCN(C(=O)c2ccc(F)cc2F)CC1. The third-order valence-corrected chi connectivity index (χ3v) is 4.89. The number of carbonyl (C=O) groups is 2. The first-order chi connectivity index (χ1) is 12.1. The molecule has 1 aromatic rings. The predicted octanol–water partition coefficient (Wildman–Crippen LogP) is 2.26. The third-order valence-electron chi connectivity index (χ3n) is 4.89. The summed E-state index contributed by atoms with van der Waals surface area (Å²) < 4.78 is 26.8. The van der Waals surface area contributed by atoms with E-state index < -0.39 is 17.5 Å². The van der Waals surface area contributed by atoms with Gasteiger partial charge in [-0.25, -0.2) is 8.78 Å². The Balaban J connectivity index is 1.94. The van der Waals surface area contributed by atoms with E-state index in [-0.39, 0.29) is 22.8 Å². The number of nitrogens with zero attached hydrogens (tertiary/aromatic N) is 2. The third kappa shape index (κ3) is 4.78. The molecule has 0 bridgehead atoms. The van der Waals surface area contributed by atoms with E-state index >= 15 is 0 Å². The monoisotopic (exact) mass is 367 g/mol. The molecular formula is C19H27F2N3O2. The molecular weight excluding hydrogens is 340 g/mol. The number of halogens is 2. The zero-order valence-electron chi connectivity index (χ0n) is 15.6. The van der Waals surface area contributed by atoms with E-state index in [1.807, 2.05) is 13.8 Å². The quantitative estimate of drug-likeness (QED) is 0.868. The van der Waals surface area contributed by atoms with Gasteiger partial charge in [0, 0.05) is 38.7 Å². The number of hydrogen-bond donors (Lipinski definition) is 1. The van der Waals surface area contributed by atoms with E-state index in [0.717, 1.165) is 12.1 Å². The second-order valence-electron chi connectivity index (χ2n) is 7.75. The Kier molecular flexibility index (Phi) is 6.34. The molecule has 7 heteroatoms. The van der Waals surface area contributed by atoms with Crippen LogP contribution in [0.25, 0.3) is 0 Å². The Hall–Kier alpha value is -2.02. The molecule has 2 amide bonds. The van der Waals surface area contributed by atoms with Gasteiger partial charge in [0.1, 0.15) is 11.6 Å². The lowest BCUT2D eigenvalue weighted by atomic mass is 9.91. The molecule has 1 saturated heterocycles. The molecule has 0 unspecified atom stereocenters. The fraction of sp³-hybridized carbons (Fsp3) is 0.579. The first-order valence-corrected chi connectivity index (χ1v) is 8.84. The van der Waals surface area contributed by atoms with Crippen LogP contribution in [-0.4, -0.2) is 54.8 Å². The maximum atomic E-state index is 13.8. The van der Waals surface area contributed by atoms with Gasteiger partial charge in [-0.05, 0) is 36.9 Å². The van der Waals surface area contributed by atoms with Crippen LogP contribution < -0.4 is 5.73 Å². The zero-order chi connectivity index (χ0) is 19.5. The summed E-state index contributed by atoms with van der Waals surface area (Å²) in [6.45, 7) is 5.83. The normalized spacial score (nSPS) is 15.8. The second-order valence-corrected chi connectivity index (χ2v) is 7.75. The van der Waals surface area contributed by atoms with Crippen molar-refractivity contribution in [2.45, 2.75) is 26.7 Å². The summed E-state index contributed by atoms with van der Waals surface area (Å²) in [5, 5.41) is 0. The van der Waals surface area contributed by atoms with Crippen LogP contribution >= 0.6 is 0 Å². The minimum atomic E-state index is -0.864. The van der Waals surface area contributed by atoms with Crippen molar-refractivity contribution in [2.24, 2.45) is 17.1 Å². The van der Waals surface area contributed by atoms with E-state index in [4.69, 9.17) is 5.73 Å². The van der Waals surface area contributed by atoms with Crippen LogP contribution in [0, 0.1) is 23.0 Å². The van der Waals surface area contributed by atoms with Gasteiger partial charge in [-0.2, -0.15) is 0 Å². The van der Waals surface area contributed by atoms with Gasteiger partial charge < -0.3 is 15.5 Å². The number of rotatable bonds is 5. The van der Waals surface area contributed by atoms with Crippen LogP contribution in [0.2, 0.25) is 0 Å². The number of amides is 2. The number of hydrogen-bond acceptors (Lipinski definition) is 3. The van der Waals surface area contributed by atoms with Crippen LogP contribution in [0.4, 0.5) is 8.78 Å². The molecule has 1 fully saturated rings. The van der Waals surface area contributed by atoms with Gasteiger partial charge in [0.05, 0.1) is 5.56 Å².